The van der Waals surface area contributed by atoms with Crippen molar-refractivity contribution in [2.45, 2.75) is 19.9 Å². The van der Waals surface area contributed by atoms with Crippen molar-refractivity contribution in [3.63, 3.8) is 0 Å². The fourth-order valence-corrected chi connectivity index (χ4v) is 2.17. The molecular weight excluding hydrogens is 290 g/mol. The number of pyridine rings is 1. The van der Waals surface area contributed by atoms with Gasteiger partial charge in [0.2, 0.25) is 0 Å². The van der Waals surface area contributed by atoms with Crippen LogP contribution in [0.5, 0.6) is 0 Å². The van der Waals surface area contributed by atoms with Gasteiger partial charge in [-0.1, -0.05) is 37.3 Å². The van der Waals surface area contributed by atoms with Gasteiger partial charge < -0.3 is 10.2 Å². The number of hydrogen-bond donors (Lipinski definition) is 1. The summed E-state index contributed by atoms with van der Waals surface area (Å²) in [6.07, 6.45) is 2.34. The molecule has 0 saturated heterocycles. The van der Waals surface area contributed by atoms with E-state index in [1.807, 2.05) is 37.3 Å². The Bertz CT molecular complexity index is 671. The molecule has 1 aromatic carbocycles. The maximum absolute atomic E-state index is 12.5. The Morgan fingerprint density at radius 2 is 1.91 bits per heavy atom. The van der Waals surface area contributed by atoms with Crippen molar-refractivity contribution in [3.05, 3.63) is 65.5 Å². The van der Waals surface area contributed by atoms with Crippen LogP contribution in [0, 0.1) is 0 Å². The molecule has 0 aliphatic heterocycles. The van der Waals surface area contributed by atoms with E-state index in [1.165, 1.54) is 12.3 Å². The van der Waals surface area contributed by atoms with Crippen LogP contribution in [0.25, 0.3) is 0 Å². The number of rotatable bonds is 6. The van der Waals surface area contributed by atoms with Crippen molar-refractivity contribution >= 4 is 11.8 Å². The maximum Gasteiger partial charge on any atom is 0.269 e. The summed E-state index contributed by atoms with van der Waals surface area (Å²) in [5.41, 5.74) is 1.77. The summed E-state index contributed by atoms with van der Waals surface area (Å²) in [6, 6.07) is 12.9. The third-order valence-corrected chi connectivity index (χ3v) is 3.38. The summed E-state index contributed by atoms with van der Waals surface area (Å²) in [6.45, 7) is 3.08. The molecule has 1 aromatic heterocycles. The molecule has 0 spiro atoms. The van der Waals surface area contributed by atoms with Gasteiger partial charge in [0.25, 0.3) is 11.8 Å². The van der Waals surface area contributed by atoms with E-state index in [2.05, 4.69) is 10.3 Å². The zero-order valence-electron chi connectivity index (χ0n) is 13.5. The average molecular weight is 311 g/mol. The number of benzene rings is 1. The molecule has 0 fully saturated rings. The van der Waals surface area contributed by atoms with Gasteiger partial charge in [-0.15, -0.1) is 0 Å². The lowest BCUT2D eigenvalue weighted by atomic mass is 10.1. The molecule has 23 heavy (non-hydrogen) atoms. The Balaban J connectivity index is 2.08. The normalized spacial score (nSPS) is 10.2. The molecule has 0 aliphatic carbocycles. The van der Waals surface area contributed by atoms with E-state index < -0.39 is 0 Å². The molecule has 2 amide bonds. The second kappa shape index (κ2) is 8.08. The van der Waals surface area contributed by atoms with Crippen LogP contribution < -0.4 is 5.32 Å². The second-order valence-electron chi connectivity index (χ2n) is 5.33. The third-order valence-electron chi connectivity index (χ3n) is 3.38. The van der Waals surface area contributed by atoms with Crippen molar-refractivity contribution in [1.82, 2.24) is 15.2 Å². The summed E-state index contributed by atoms with van der Waals surface area (Å²) in [5.74, 6) is -0.395. The Morgan fingerprint density at radius 1 is 1.17 bits per heavy atom. The molecule has 2 aromatic rings. The van der Waals surface area contributed by atoms with Gasteiger partial charge in [-0.3, -0.25) is 14.6 Å². The number of hydrogen-bond acceptors (Lipinski definition) is 3. The Morgan fingerprint density at radius 3 is 2.61 bits per heavy atom. The van der Waals surface area contributed by atoms with Crippen molar-refractivity contribution < 1.29 is 9.59 Å². The minimum atomic E-state index is -0.257. The predicted octanol–water partition coefficient (Wildman–Crippen LogP) is 2.49. The molecular formula is C18H21N3O2. The summed E-state index contributed by atoms with van der Waals surface area (Å²) in [4.78, 5) is 30.1. The highest BCUT2D eigenvalue weighted by Crippen LogP contribution is 2.09. The monoisotopic (exact) mass is 311 g/mol. The zero-order valence-corrected chi connectivity index (χ0v) is 13.5. The lowest BCUT2D eigenvalue weighted by molar-refractivity contribution is 0.0785. The number of aromatic nitrogens is 1. The molecule has 0 saturated carbocycles. The third kappa shape index (κ3) is 4.64. The number of nitrogens with zero attached hydrogens (tertiary/aromatic N) is 2. The molecule has 0 bridgehead atoms. The van der Waals surface area contributed by atoms with Gasteiger partial charge in [-0.05, 0) is 24.1 Å². The number of nitrogens with one attached hydrogen (secondary N) is 1. The molecule has 120 valence electrons. The SMILES string of the molecule is CCCNC(=O)c1cc(C(=O)N(C)Cc2ccccc2)ccn1. The highest BCUT2D eigenvalue weighted by atomic mass is 16.2. The first kappa shape index (κ1) is 16.7. The zero-order chi connectivity index (χ0) is 16.7. The maximum atomic E-state index is 12.5. The standard InChI is InChI=1S/C18H21N3O2/c1-3-10-20-17(22)16-12-15(9-11-19-16)18(23)21(2)13-14-7-5-4-6-8-14/h4-9,11-12H,3,10,13H2,1-2H3,(H,20,22). The Labute approximate surface area is 136 Å². The number of carbonyl (C=O) groups excluding carboxylic acids is 2. The van der Waals surface area contributed by atoms with Gasteiger partial charge in [0.05, 0.1) is 0 Å². The summed E-state index contributed by atoms with van der Waals surface area (Å²) >= 11 is 0. The van der Waals surface area contributed by atoms with Gasteiger partial charge in [-0.25, -0.2) is 0 Å². The van der Waals surface area contributed by atoms with Crippen LogP contribution in [-0.2, 0) is 6.54 Å². The van der Waals surface area contributed by atoms with Gasteiger partial charge >= 0.3 is 0 Å². The van der Waals surface area contributed by atoms with Gasteiger partial charge in [0.15, 0.2) is 0 Å². The van der Waals surface area contributed by atoms with Gasteiger partial charge in [0, 0.05) is 31.9 Å². The van der Waals surface area contributed by atoms with E-state index in [0.29, 0.717) is 18.7 Å². The highest BCUT2D eigenvalue weighted by molar-refractivity contribution is 5.98. The fourth-order valence-electron chi connectivity index (χ4n) is 2.17. The van der Waals surface area contributed by atoms with Crippen molar-refractivity contribution in [3.8, 4) is 0 Å². The lowest BCUT2D eigenvalue weighted by Gasteiger charge is -2.17. The highest BCUT2D eigenvalue weighted by Gasteiger charge is 2.15. The summed E-state index contributed by atoms with van der Waals surface area (Å²) in [5, 5.41) is 2.76. The van der Waals surface area contributed by atoms with Gasteiger partial charge in [-0.2, -0.15) is 0 Å². The second-order valence-corrected chi connectivity index (χ2v) is 5.33. The van der Waals surface area contributed by atoms with Crippen LogP contribution in [0.15, 0.2) is 48.7 Å². The molecule has 0 unspecified atom stereocenters. The topological polar surface area (TPSA) is 62.3 Å². The fraction of sp³-hybridized carbons (Fsp3) is 0.278. The van der Waals surface area contributed by atoms with E-state index >= 15 is 0 Å². The summed E-state index contributed by atoms with van der Waals surface area (Å²) < 4.78 is 0. The molecule has 1 N–H and O–H groups in total. The molecule has 0 atom stereocenters. The number of amides is 2. The first-order chi connectivity index (χ1) is 11.1. The summed E-state index contributed by atoms with van der Waals surface area (Å²) in [7, 11) is 1.74. The van der Waals surface area contributed by atoms with Crippen LogP contribution in [-0.4, -0.2) is 35.3 Å². The molecule has 0 aliphatic rings. The van der Waals surface area contributed by atoms with Crippen molar-refractivity contribution in [2.75, 3.05) is 13.6 Å². The first-order valence-corrected chi connectivity index (χ1v) is 7.65. The molecule has 0 radical (unpaired) electrons. The van der Waals surface area contributed by atoms with Crippen LogP contribution in [0.2, 0.25) is 0 Å². The lowest BCUT2D eigenvalue weighted by Crippen LogP contribution is -2.28. The molecule has 5 nitrogen and oxygen atoms in total. The molecule has 5 heteroatoms. The van der Waals surface area contributed by atoms with E-state index in [1.54, 1.807) is 18.0 Å². The Hall–Kier alpha value is -2.69. The van der Waals surface area contributed by atoms with Gasteiger partial charge in [0.1, 0.15) is 5.69 Å². The largest absolute Gasteiger partial charge is 0.351 e. The number of carbonyl (C=O) groups is 2. The van der Waals surface area contributed by atoms with Crippen LogP contribution >= 0.6 is 0 Å². The van der Waals surface area contributed by atoms with E-state index in [9.17, 15) is 9.59 Å². The smallest absolute Gasteiger partial charge is 0.269 e. The predicted molar refractivity (Wildman–Crippen MR) is 89.1 cm³/mol. The van der Waals surface area contributed by atoms with Crippen molar-refractivity contribution in [1.29, 1.82) is 0 Å². The van der Waals surface area contributed by atoms with E-state index in [0.717, 1.165) is 12.0 Å². The Kier molecular flexibility index (Phi) is 5.86. The quantitative estimate of drug-likeness (QED) is 0.891. The van der Waals surface area contributed by atoms with Crippen molar-refractivity contribution in [2.24, 2.45) is 0 Å². The first-order valence-electron chi connectivity index (χ1n) is 7.65. The van der Waals surface area contributed by atoms with Crippen LogP contribution in [0.3, 0.4) is 0 Å². The van der Waals surface area contributed by atoms with Crippen LogP contribution in [0.1, 0.15) is 39.8 Å². The molecule has 1 heterocycles. The minimum absolute atomic E-state index is 0.138. The van der Waals surface area contributed by atoms with Crippen LogP contribution in [0.4, 0.5) is 0 Å². The minimum Gasteiger partial charge on any atom is -0.351 e. The van der Waals surface area contributed by atoms with E-state index in [-0.39, 0.29) is 17.5 Å². The molecule has 2 rings (SSSR count). The average Bonchev–Trinajstić information content (AvgIpc) is 2.60. The van der Waals surface area contributed by atoms with E-state index in [4.69, 9.17) is 0 Å².